The van der Waals surface area contributed by atoms with Crippen LogP contribution >= 0.6 is 12.2 Å². The molecule has 104 valence electrons. The molecule has 0 amide bonds. The molecular formula is C17H20N2S. The number of benzene rings is 2. The summed E-state index contributed by atoms with van der Waals surface area (Å²) in [6, 6.07) is 14.5. The van der Waals surface area contributed by atoms with Crippen molar-refractivity contribution in [2.45, 2.75) is 27.2 Å². The highest BCUT2D eigenvalue weighted by Crippen LogP contribution is 2.18. The van der Waals surface area contributed by atoms with Gasteiger partial charge in [-0.05, 0) is 67.4 Å². The molecule has 20 heavy (non-hydrogen) atoms. The Bertz CT molecular complexity index is 620. The maximum absolute atomic E-state index is 5.38. The molecule has 0 heterocycles. The van der Waals surface area contributed by atoms with E-state index >= 15 is 0 Å². The Kier molecular flexibility index (Phi) is 4.74. The van der Waals surface area contributed by atoms with Crippen LogP contribution in [-0.2, 0) is 6.42 Å². The van der Waals surface area contributed by atoms with Gasteiger partial charge in [-0.3, -0.25) is 0 Å². The Balaban J connectivity index is 2.07. The Morgan fingerprint density at radius 1 is 1.05 bits per heavy atom. The monoisotopic (exact) mass is 284 g/mol. The van der Waals surface area contributed by atoms with Crippen LogP contribution in [0.1, 0.15) is 23.6 Å². The molecule has 0 unspecified atom stereocenters. The average Bonchev–Trinajstić information content (AvgIpc) is 2.44. The molecule has 2 nitrogen and oxygen atoms in total. The van der Waals surface area contributed by atoms with Gasteiger partial charge < -0.3 is 10.6 Å². The molecule has 0 aliphatic carbocycles. The third-order valence-electron chi connectivity index (χ3n) is 3.45. The second kappa shape index (κ2) is 6.53. The minimum atomic E-state index is 0.618. The van der Waals surface area contributed by atoms with Gasteiger partial charge in [-0.2, -0.15) is 0 Å². The van der Waals surface area contributed by atoms with Gasteiger partial charge in [-0.1, -0.05) is 31.2 Å². The number of thiocarbonyl (C=S) groups is 1. The molecule has 3 heteroatoms. The number of anilines is 2. The van der Waals surface area contributed by atoms with Crippen LogP contribution in [0, 0.1) is 13.8 Å². The first kappa shape index (κ1) is 14.5. The second-order valence-electron chi connectivity index (χ2n) is 4.88. The number of rotatable bonds is 3. The molecular weight excluding hydrogens is 264 g/mol. The summed E-state index contributed by atoms with van der Waals surface area (Å²) in [6.45, 7) is 6.34. The van der Waals surface area contributed by atoms with Crippen molar-refractivity contribution in [3.63, 3.8) is 0 Å². The van der Waals surface area contributed by atoms with Gasteiger partial charge in [0, 0.05) is 11.4 Å². The Morgan fingerprint density at radius 2 is 1.80 bits per heavy atom. The number of aryl methyl sites for hydroxylation is 2. The summed E-state index contributed by atoms with van der Waals surface area (Å²) in [5.74, 6) is 0. The zero-order valence-corrected chi connectivity index (χ0v) is 13.0. The molecule has 0 aliphatic rings. The molecule has 2 N–H and O–H groups in total. The van der Waals surface area contributed by atoms with Crippen LogP contribution in [0.2, 0.25) is 0 Å². The summed E-state index contributed by atoms with van der Waals surface area (Å²) < 4.78 is 0. The Labute approximate surface area is 126 Å². The summed E-state index contributed by atoms with van der Waals surface area (Å²) in [4.78, 5) is 0. The van der Waals surface area contributed by atoms with E-state index in [9.17, 15) is 0 Å². The Morgan fingerprint density at radius 3 is 2.55 bits per heavy atom. The lowest BCUT2D eigenvalue weighted by Gasteiger charge is -2.14. The van der Waals surface area contributed by atoms with Crippen molar-refractivity contribution in [1.29, 1.82) is 0 Å². The fraction of sp³-hybridized carbons (Fsp3) is 0.235. The number of hydrogen-bond acceptors (Lipinski definition) is 1. The summed E-state index contributed by atoms with van der Waals surface area (Å²) in [5, 5.41) is 7.11. The first-order valence-electron chi connectivity index (χ1n) is 6.83. The van der Waals surface area contributed by atoms with E-state index in [1.807, 2.05) is 24.3 Å². The first-order valence-corrected chi connectivity index (χ1v) is 7.24. The minimum absolute atomic E-state index is 0.618. The normalized spacial score (nSPS) is 10.2. The van der Waals surface area contributed by atoms with E-state index in [0.717, 1.165) is 17.8 Å². The molecule has 2 rings (SSSR count). The van der Waals surface area contributed by atoms with Gasteiger partial charge in [0.1, 0.15) is 0 Å². The van der Waals surface area contributed by atoms with Crippen LogP contribution in [0.3, 0.4) is 0 Å². The van der Waals surface area contributed by atoms with E-state index in [-0.39, 0.29) is 0 Å². The number of nitrogens with one attached hydrogen (secondary N) is 2. The predicted octanol–water partition coefficient (Wildman–Crippen LogP) is 4.67. The van der Waals surface area contributed by atoms with E-state index in [2.05, 4.69) is 49.6 Å². The zero-order valence-electron chi connectivity index (χ0n) is 12.2. The summed E-state index contributed by atoms with van der Waals surface area (Å²) >= 11 is 5.38. The largest absolute Gasteiger partial charge is 0.332 e. The quantitative estimate of drug-likeness (QED) is 0.801. The lowest BCUT2D eigenvalue weighted by atomic mass is 10.1. The van der Waals surface area contributed by atoms with Crippen molar-refractivity contribution in [3.8, 4) is 0 Å². The lowest BCUT2D eigenvalue weighted by Crippen LogP contribution is -2.19. The summed E-state index contributed by atoms with van der Waals surface area (Å²) in [5.41, 5.74) is 5.84. The molecule has 0 spiro atoms. The maximum Gasteiger partial charge on any atom is 0.175 e. The summed E-state index contributed by atoms with van der Waals surface area (Å²) in [7, 11) is 0. The maximum atomic E-state index is 5.38. The molecule has 2 aromatic carbocycles. The highest BCUT2D eigenvalue weighted by molar-refractivity contribution is 7.80. The fourth-order valence-corrected chi connectivity index (χ4v) is 2.27. The summed E-state index contributed by atoms with van der Waals surface area (Å²) in [6.07, 6.45) is 1.02. The van der Waals surface area contributed by atoms with Gasteiger partial charge in [0.05, 0.1) is 0 Å². The van der Waals surface area contributed by atoms with Gasteiger partial charge in [0.2, 0.25) is 0 Å². The smallest absolute Gasteiger partial charge is 0.175 e. The first-order chi connectivity index (χ1) is 9.60. The van der Waals surface area contributed by atoms with Crippen molar-refractivity contribution in [1.82, 2.24) is 0 Å². The van der Waals surface area contributed by atoms with Gasteiger partial charge in [-0.25, -0.2) is 0 Å². The predicted molar refractivity (Wildman–Crippen MR) is 91.6 cm³/mol. The lowest BCUT2D eigenvalue weighted by molar-refractivity contribution is 1.14. The molecule has 0 bridgehead atoms. The van der Waals surface area contributed by atoms with E-state index < -0.39 is 0 Å². The molecule has 0 aromatic heterocycles. The topological polar surface area (TPSA) is 24.1 Å². The van der Waals surface area contributed by atoms with Crippen LogP contribution in [0.5, 0.6) is 0 Å². The highest BCUT2D eigenvalue weighted by atomic mass is 32.1. The van der Waals surface area contributed by atoms with Crippen LogP contribution in [0.15, 0.2) is 42.5 Å². The molecule has 2 aromatic rings. The highest BCUT2D eigenvalue weighted by Gasteiger charge is 2.03. The molecule has 0 saturated heterocycles. The average molecular weight is 284 g/mol. The Hall–Kier alpha value is -1.87. The van der Waals surface area contributed by atoms with Crippen LogP contribution in [0.4, 0.5) is 11.4 Å². The van der Waals surface area contributed by atoms with Crippen LogP contribution < -0.4 is 10.6 Å². The van der Waals surface area contributed by atoms with Crippen molar-refractivity contribution >= 4 is 28.7 Å². The van der Waals surface area contributed by atoms with Gasteiger partial charge in [-0.15, -0.1) is 0 Å². The molecule has 0 fully saturated rings. The van der Waals surface area contributed by atoms with Crippen LogP contribution in [-0.4, -0.2) is 5.11 Å². The van der Waals surface area contributed by atoms with E-state index in [1.165, 1.54) is 16.7 Å². The van der Waals surface area contributed by atoms with Gasteiger partial charge in [0.25, 0.3) is 0 Å². The van der Waals surface area contributed by atoms with E-state index in [1.54, 1.807) is 0 Å². The number of hydrogen-bond donors (Lipinski definition) is 2. The van der Waals surface area contributed by atoms with E-state index in [0.29, 0.717) is 5.11 Å². The standard InChI is InChI=1S/C17H20N2S/c1-4-14-8-6-9-15(11-14)18-17(20)19-16-10-5-7-12(2)13(16)3/h5-11H,4H2,1-3H3,(H2,18,19,20). The van der Waals surface area contributed by atoms with E-state index in [4.69, 9.17) is 12.2 Å². The molecule has 0 saturated carbocycles. The molecule has 0 aliphatic heterocycles. The zero-order chi connectivity index (χ0) is 14.5. The molecule has 0 atom stereocenters. The van der Waals surface area contributed by atoms with Crippen LogP contribution in [0.25, 0.3) is 0 Å². The van der Waals surface area contributed by atoms with Gasteiger partial charge in [0.15, 0.2) is 5.11 Å². The van der Waals surface area contributed by atoms with Crippen molar-refractivity contribution < 1.29 is 0 Å². The SMILES string of the molecule is CCc1cccc(NC(=S)Nc2cccc(C)c2C)c1. The van der Waals surface area contributed by atoms with Crippen molar-refractivity contribution in [2.24, 2.45) is 0 Å². The van der Waals surface area contributed by atoms with Crippen molar-refractivity contribution in [3.05, 3.63) is 59.2 Å². The fourth-order valence-electron chi connectivity index (χ4n) is 2.04. The second-order valence-corrected chi connectivity index (χ2v) is 5.29. The minimum Gasteiger partial charge on any atom is -0.332 e. The third kappa shape index (κ3) is 3.58. The van der Waals surface area contributed by atoms with Gasteiger partial charge >= 0.3 is 0 Å². The van der Waals surface area contributed by atoms with Crippen molar-refractivity contribution in [2.75, 3.05) is 10.6 Å². The third-order valence-corrected chi connectivity index (χ3v) is 3.65. The molecule has 0 radical (unpaired) electrons.